The molecule has 0 fully saturated rings. The van der Waals surface area contributed by atoms with E-state index in [2.05, 4.69) is 10.3 Å². The third-order valence-corrected chi connectivity index (χ3v) is 2.26. The van der Waals surface area contributed by atoms with E-state index in [0.717, 1.165) is 6.20 Å². The lowest BCUT2D eigenvalue weighted by Gasteiger charge is -2.10. The highest BCUT2D eigenvalue weighted by molar-refractivity contribution is 6.47. The van der Waals surface area contributed by atoms with Crippen molar-refractivity contribution in [3.63, 3.8) is 0 Å². The SMILES string of the molecule is CC(C)NC(=O)C(=N)c1[nH]cc(O)c(=O)c1Cl. The molecular formula is C10H12ClN3O3. The summed E-state index contributed by atoms with van der Waals surface area (Å²) in [4.78, 5) is 25.3. The van der Waals surface area contributed by atoms with Crippen molar-refractivity contribution in [2.75, 3.05) is 0 Å². The Labute approximate surface area is 102 Å². The van der Waals surface area contributed by atoms with Crippen LogP contribution in [0.3, 0.4) is 0 Å². The second kappa shape index (κ2) is 5.01. The molecule has 1 heterocycles. The number of carbonyl (C=O) groups is 1. The second-order valence-corrected chi connectivity index (χ2v) is 4.07. The number of nitrogens with one attached hydrogen (secondary N) is 3. The first-order chi connectivity index (χ1) is 7.84. The molecule has 0 aliphatic heterocycles. The van der Waals surface area contributed by atoms with Crippen molar-refractivity contribution in [3.05, 3.63) is 27.1 Å². The normalized spacial score (nSPS) is 10.4. The van der Waals surface area contributed by atoms with Crippen molar-refractivity contribution in [3.8, 4) is 5.75 Å². The Kier molecular flexibility index (Phi) is 3.90. The van der Waals surface area contributed by atoms with Crippen LogP contribution in [-0.4, -0.2) is 27.8 Å². The third-order valence-electron chi connectivity index (χ3n) is 1.90. The summed E-state index contributed by atoms with van der Waals surface area (Å²) in [6.45, 7) is 3.48. The van der Waals surface area contributed by atoms with E-state index in [4.69, 9.17) is 22.1 Å². The molecule has 0 aromatic carbocycles. The molecule has 92 valence electrons. The van der Waals surface area contributed by atoms with Gasteiger partial charge in [0.2, 0.25) is 5.43 Å². The van der Waals surface area contributed by atoms with E-state index in [1.54, 1.807) is 13.8 Å². The summed E-state index contributed by atoms with van der Waals surface area (Å²) in [5.74, 6) is -1.21. The Morgan fingerprint density at radius 2 is 2.18 bits per heavy atom. The van der Waals surface area contributed by atoms with Crippen LogP contribution in [0.25, 0.3) is 0 Å². The van der Waals surface area contributed by atoms with E-state index < -0.39 is 22.8 Å². The number of aromatic hydroxyl groups is 1. The predicted molar refractivity (Wildman–Crippen MR) is 63.8 cm³/mol. The van der Waals surface area contributed by atoms with Crippen molar-refractivity contribution in [1.82, 2.24) is 10.3 Å². The lowest BCUT2D eigenvalue weighted by Crippen LogP contribution is -2.36. The largest absolute Gasteiger partial charge is 0.503 e. The lowest BCUT2D eigenvalue weighted by molar-refractivity contribution is -0.115. The maximum absolute atomic E-state index is 11.5. The zero-order valence-corrected chi connectivity index (χ0v) is 10.1. The van der Waals surface area contributed by atoms with E-state index in [-0.39, 0.29) is 16.8 Å². The number of hydrogen-bond donors (Lipinski definition) is 4. The highest BCUT2D eigenvalue weighted by Crippen LogP contribution is 2.12. The number of rotatable bonds is 3. The van der Waals surface area contributed by atoms with Gasteiger partial charge in [-0.2, -0.15) is 0 Å². The van der Waals surface area contributed by atoms with E-state index in [0.29, 0.717) is 0 Å². The molecule has 1 rings (SSSR count). The summed E-state index contributed by atoms with van der Waals surface area (Å²) in [6.07, 6.45) is 0.987. The molecule has 0 saturated heterocycles. The zero-order valence-electron chi connectivity index (χ0n) is 9.30. The van der Waals surface area contributed by atoms with Crippen LogP contribution in [0.1, 0.15) is 19.5 Å². The number of amides is 1. The number of aromatic nitrogens is 1. The summed E-state index contributed by atoms with van der Waals surface area (Å²) in [7, 11) is 0. The molecule has 7 heteroatoms. The summed E-state index contributed by atoms with van der Waals surface area (Å²) in [6, 6.07) is -0.134. The van der Waals surface area contributed by atoms with E-state index in [1.165, 1.54) is 0 Å². The van der Waals surface area contributed by atoms with Crippen LogP contribution in [-0.2, 0) is 4.79 Å². The van der Waals surface area contributed by atoms with Gasteiger partial charge in [-0.1, -0.05) is 11.6 Å². The minimum atomic E-state index is -0.817. The number of H-pyrrole nitrogens is 1. The monoisotopic (exact) mass is 257 g/mol. The van der Waals surface area contributed by atoms with Gasteiger partial charge in [-0.25, -0.2) is 0 Å². The summed E-state index contributed by atoms with van der Waals surface area (Å²) < 4.78 is 0. The minimum absolute atomic E-state index is 0.118. The third kappa shape index (κ3) is 2.85. The van der Waals surface area contributed by atoms with Gasteiger partial charge in [0.1, 0.15) is 10.7 Å². The Bertz CT molecular complexity index is 522. The maximum Gasteiger partial charge on any atom is 0.271 e. The molecule has 1 amide bonds. The van der Waals surface area contributed by atoms with E-state index in [9.17, 15) is 9.59 Å². The standard InChI is InChI=1S/C10H12ClN3O3/c1-4(2)14-10(17)7(12)8-6(11)9(16)5(15)3-13-8/h3-4,12,15H,1-2H3,(H,13,16)(H,14,17). The number of pyridine rings is 1. The van der Waals surface area contributed by atoms with Crippen LogP contribution in [0.4, 0.5) is 0 Å². The van der Waals surface area contributed by atoms with Crippen molar-refractivity contribution in [2.45, 2.75) is 19.9 Å². The van der Waals surface area contributed by atoms with Crippen LogP contribution in [0.15, 0.2) is 11.0 Å². The van der Waals surface area contributed by atoms with Gasteiger partial charge < -0.3 is 15.4 Å². The highest BCUT2D eigenvalue weighted by Gasteiger charge is 2.19. The minimum Gasteiger partial charge on any atom is -0.503 e. The summed E-state index contributed by atoms with van der Waals surface area (Å²) in [5.41, 5.74) is -1.39. The number of halogens is 1. The van der Waals surface area contributed by atoms with Crippen molar-refractivity contribution >= 4 is 23.2 Å². The van der Waals surface area contributed by atoms with Gasteiger partial charge in [-0.05, 0) is 13.8 Å². The van der Waals surface area contributed by atoms with Crippen molar-refractivity contribution in [1.29, 1.82) is 5.41 Å². The molecule has 4 N–H and O–H groups in total. The first kappa shape index (κ1) is 13.2. The molecule has 6 nitrogen and oxygen atoms in total. The maximum atomic E-state index is 11.5. The average molecular weight is 258 g/mol. The molecule has 0 aliphatic rings. The molecule has 0 atom stereocenters. The molecule has 0 aliphatic carbocycles. The number of hydrogen-bond acceptors (Lipinski definition) is 4. The van der Waals surface area contributed by atoms with Crippen LogP contribution in [0.2, 0.25) is 5.02 Å². The average Bonchev–Trinajstić information content (AvgIpc) is 2.24. The van der Waals surface area contributed by atoms with Crippen LogP contribution < -0.4 is 10.7 Å². The Balaban J connectivity index is 3.10. The Hall–Kier alpha value is -1.82. The number of carbonyl (C=O) groups excluding carboxylic acids is 1. The van der Waals surface area contributed by atoms with Gasteiger partial charge in [-0.3, -0.25) is 15.0 Å². The lowest BCUT2D eigenvalue weighted by atomic mass is 10.2. The second-order valence-electron chi connectivity index (χ2n) is 3.70. The van der Waals surface area contributed by atoms with Gasteiger partial charge >= 0.3 is 0 Å². The fourth-order valence-electron chi connectivity index (χ4n) is 1.13. The van der Waals surface area contributed by atoms with Gasteiger partial charge in [0.05, 0.1) is 5.69 Å². The molecule has 0 radical (unpaired) electrons. The fourth-order valence-corrected chi connectivity index (χ4v) is 1.37. The quantitative estimate of drug-likeness (QED) is 0.597. The van der Waals surface area contributed by atoms with E-state index >= 15 is 0 Å². The van der Waals surface area contributed by atoms with Gasteiger partial charge in [0.25, 0.3) is 5.91 Å². The highest BCUT2D eigenvalue weighted by atomic mass is 35.5. The predicted octanol–water partition coefficient (Wildman–Crippen LogP) is 0.626. The molecule has 0 unspecified atom stereocenters. The zero-order chi connectivity index (χ0) is 13.2. The fraction of sp³-hybridized carbons (Fsp3) is 0.300. The topological polar surface area (TPSA) is 106 Å². The van der Waals surface area contributed by atoms with Crippen LogP contribution >= 0.6 is 11.6 Å². The number of aromatic amines is 1. The Morgan fingerprint density at radius 3 is 2.71 bits per heavy atom. The molecule has 0 bridgehead atoms. The first-order valence-corrected chi connectivity index (χ1v) is 5.22. The van der Waals surface area contributed by atoms with Crippen LogP contribution in [0, 0.1) is 5.41 Å². The first-order valence-electron chi connectivity index (χ1n) is 4.84. The van der Waals surface area contributed by atoms with Crippen molar-refractivity contribution in [2.24, 2.45) is 0 Å². The van der Waals surface area contributed by atoms with Crippen LogP contribution in [0.5, 0.6) is 5.75 Å². The molecular weight excluding hydrogens is 246 g/mol. The van der Waals surface area contributed by atoms with Gasteiger partial charge in [0.15, 0.2) is 5.75 Å². The molecule has 1 aromatic rings. The van der Waals surface area contributed by atoms with Gasteiger partial charge in [0, 0.05) is 12.2 Å². The van der Waals surface area contributed by atoms with E-state index in [1.807, 2.05) is 0 Å². The molecule has 1 aromatic heterocycles. The molecule has 0 saturated carbocycles. The van der Waals surface area contributed by atoms with Crippen molar-refractivity contribution < 1.29 is 9.90 Å². The molecule has 17 heavy (non-hydrogen) atoms. The summed E-state index contributed by atoms with van der Waals surface area (Å²) in [5, 5.41) is 18.8. The summed E-state index contributed by atoms with van der Waals surface area (Å²) >= 11 is 5.65. The van der Waals surface area contributed by atoms with Gasteiger partial charge in [-0.15, -0.1) is 0 Å². The Morgan fingerprint density at radius 1 is 1.59 bits per heavy atom. The molecule has 0 spiro atoms. The smallest absolute Gasteiger partial charge is 0.271 e.